The lowest BCUT2D eigenvalue weighted by Crippen LogP contribution is -2.50. The number of fused-ring (bicyclic) bond motifs is 2. The van der Waals surface area contributed by atoms with Crippen LogP contribution in [0.5, 0.6) is 11.5 Å². The van der Waals surface area contributed by atoms with Gasteiger partial charge in [-0.3, -0.25) is 19.8 Å². The van der Waals surface area contributed by atoms with Crippen LogP contribution in [0.3, 0.4) is 0 Å². The Bertz CT molecular complexity index is 2870. The van der Waals surface area contributed by atoms with Crippen LogP contribution in [0.4, 0.5) is 17.1 Å². The van der Waals surface area contributed by atoms with Gasteiger partial charge in [0, 0.05) is 86.3 Å². The summed E-state index contributed by atoms with van der Waals surface area (Å²) in [5.74, 6) is -0.303. The number of hydrogen-bond acceptors (Lipinski definition) is 12. The first-order chi connectivity index (χ1) is 31.6. The van der Waals surface area contributed by atoms with Crippen molar-refractivity contribution in [2.75, 3.05) is 56.0 Å². The van der Waals surface area contributed by atoms with Gasteiger partial charge in [-0.25, -0.2) is 30.8 Å². The number of ether oxygens (including phenoxy) is 1. The summed E-state index contributed by atoms with van der Waals surface area (Å²) < 4.78 is 62.9. The Morgan fingerprint density at radius 3 is 2.50 bits per heavy atom. The first kappa shape index (κ1) is 45.9. The number of piperazine rings is 1. The maximum Gasteiger partial charge on any atom is 0.293 e. The Hall–Kier alpha value is -5.27. The van der Waals surface area contributed by atoms with E-state index in [1.165, 1.54) is 35.5 Å². The van der Waals surface area contributed by atoms with Crippen molar-refractivity contribution in [2.24, 2.45) is 11.3 Å². The van der Waals surface area contributed by atoms with Gasteiger partial charge >= 0.3 is 0 Å². The number of sulfonamides is 2. The molecule has 3 N–H and O–H groups in total. The number of pyridine rings is 1. The van der Waals surface area contributed by atoms with Gasteiger partial charge in [-0.15, -0.1) is 0 Å². The summed E-state index contributed by atoms with van der Waals surface area (Å²) in [5, 5.41) is 16.6. The SMILES string of the molecule is CC(C)S(=O)(=O)N1CCC2(CC1)CC(CNc1ccc(S(=O)(=O)NC(=O)c3ccc(N4CCN([C@@H]5CCCCc6c(Cl)cccc65)CC4)cc3Oc3cnc4[nH]ccc4c3)cc1[N+](=O)[O-])C2. The van der Waals surface area contributed by atoms with Crippen molar-refractivity contribution in [3.63, 3.8) is 0 Å². The van der Waals surface area contributed by atoms with Crippen molar-refractivity contribution < 1.29 is 31.3 Å². The quantitative estimate of drug-likeness (QED) is 0.0581. The van der Waals surface area contributed by atoms with Crippen LogP contribution >= 0.6 is 11.6 Å². The summed E-state index contributed by atoms with van der Waals surface area (Å²) in [6, 6.07) is 18.7. The molecule has 2 aromatic heterocycles. The van der Waals surface area contributed by atoms with E-state index in [2.05, 4.69) is 35.9 Å². The van der Waals surface area contributed by atoms with Crippen molar-refractivity contribution in [1.82, 2.24) is 23.9 Å². The third-order valence-corrected chi connectivity index (χ3v) is 18.0. The predicted molar refractivity (Wildman–Crippen MR) is 254 cm³/mol. The second-order valence-corrected chi connectivity index (χ2v) is 23.1. The van der Waals surface area contributed by atoms with Gasteiger partial charge in [-0.1, -0.05) is 30.2 Å². The van der Waals surface area contributed by atoms with E-state index in [-0.39, 0.29) is 34.4 Å². The highest BCUT2D eigenvalue weighted by atomic mass is 35.5. The molecule has 66 heavy (non-hydrogen) atoms. The van der Waals surface area contributed by atoms with Gasteiger partial charge in [0.25, 0.3) is 21.6 Å². The molecule has 4 heterocycles. The standard InChI is InChI=1S/C47H55ClN8O8S2/c1-31(2)66(62,63)55-18-15-47(16-19-55)27-32(28-47)29-50-41-13-11-36(26-43(41)56(58)59)65(60,61)52-46(57)39-12-10-34(25-44(39)64-35-24-33-14-17-49-45(33)51-30-35)53-20-22-54(23-21-53)42-9-4-3-6-37-38(42)7-5-8-40(37)48/h5,7-8,10-14,17,24-26,30-32,42,50H,3-4,6,9,15-16,18-23,27-29H2,1-2H3,(H,49,51)(H,52,57)/t42-/m1/s1. The fourth-order valence-electron chi connectivity index (χ4n) is 10.4. The molecule has 1 amide bonds. The Balaban J connectivity index is 0.884. The zero-order chi connectivity index (χ0) is 46.4. The molecule has 4 aliphatic rings. The smallest absolute Gasteiger partial charge is 0.293 e. The lowest BCUT2D eigenvalue weighted by Gasteiger charge is -2.52. The van der Waals surface area contributed by atoms with E-state index in [1.54, 1.807) is 42.5 Å². The summed E-state index contributed by atoms with van der Waals surface area (Å²) in [7, 11) is -7.91. The molecule has 2 aliphatic carbocycles. The van der Waals surface area contributed by atoms with E-state index in [4.69, 9.17) is 16.3 Å². The van der Waals surface area contributed by atoms with Crippen LogP contribution in [0.1, 0.15) is 86.3 Å². The van der Waals surface area contributed by atoms with E-state index >= 15 is 0 Å². The number of nitro benzene ring substituents is 1. The minimum atomic E-state index is -4.60. The van der Waals surface area contributed by atoms with E-state index in [0.717, 1.165) is 86.6 Å². The van der Waals surface area contributed by atoms with Crippen molar-refractivity contribution in [3.8, 4) is 11.5 Å². The number of nitro groups is 1. The Morgan fingerprint density at radius 1 is 0.985 bits per heavy atom. The number of hydrogen-bond donors (Lipinski definition) is 3. The molecule has 0 unspecified atom stereocenters. The van der Waals surface area contributed by atoms with Crippen molar-refractivity contribution in [2.45, 2.75) is 81.4 Å². The molecule has 0 radical (unpaired) electrons. The summed E-state index contributed by atoms with van der Waals surface area (Å²) in [5.41, 5.74) is 3.71. The van der Waals surface area contributed by atoms with Crippen LogP contribution in [0, 0.1) is 21.4 Å². The second-order valence-electron chi connectivity index (χ2n) is 18.5. The number of carbonyl (C=O) groups excluding carboxylic acids is 1. The minimum Gasteiger partial charge on any atom is -0.455 e. The van der Waals surface area contributed by atoms with Crippen molar-refractivity contribution in [3.05, 3.63) is 111 Å². The van der Waals surface area contributed by atoms with Gasteiger partial charge in [0.05, 0.1) is 26.8 Å². The minimum absolute atomic E-state index is 0.0552. The number of nitrogens with zero attached hydrogens (tertiary/aromatic N) is 5. The molecule has 1 atom stereocenters. The first-order valence-corrected chi connectivity index (χ1v) is 26.1. The molecule has 1 spiro atoms. The molecule has 16 nitrogen and oxygen atoms in total. The number of benzene rings is 3. The molecule has 5 aromatic rings. The number of amides is 1. The summed E-state index contributed by atoms with van der Waals surface area (Å²) >= 11 is 6.66. The average molecular weight is 960 g/mol. The average Bonchev–Trinajstić information content (AvgIpc) is 3.65. The molecule has 3 aromatic carbocycles. The van der Waals surface area contributed by atoms with Gasteiger partial charge < -0.3 is 19.9 Å². The zero-order valence-corrected chi connectivity index (χ0v) is 39.4. The van der Waals surface area contributed by atoms with Crippen LogP contribution in [0.25, 0.3) is 11.0 Å². The number of carbonyl (C=O) groups is 1. The second kappa shape index (κ2) is 18.4. The Labute approximate surface area is 390 Å². The molecule has 350 valence electrons. The number of aromatic amines is 1. The maximum absolute atomic E-state index is 14.0. The highest BCUT2D eigenvalue weighted by Gasteiger charge is 2.47. The van der Waals surface area contributed by atoms with Crippen LogP contribution in [-0.4, -0.2) is 97.9 Å². The first-order valence-electron chi connectivity index (χ1n) is 22.7. The lowest BCUT2D eigenvalue weighted by molar-refractivity contribution is -0.384. The predicted octanol–water partition coefficient (Wildman–Crippen LogP) is 8.27. The number of nitrogens with one attached hydrogen (secondary N) is 3. The van der Waals surface area contributed by atoms with Crippen molar-refractivity contribution in [1.29, 1.82) is 0 Å². The summed E-state index contributed by atoms with van der Waals surface area (Å²) in [6.45, 7) is 7.82. The van der Waals surface area contributed by atoms with Gasteiger partial charge in [-0.2, -0.15) is 0 Å². The summed E-state index contributed by atoms with van der Waals surface area (Å²) in [6.07, 6.45) is 10.8. The molecule has 3 fully saturated rings. The molecule has 9 rings (SSSR count). The topological polar surface area (TPSA) is 200 Å². The molecule has 2 saturated heterocycles. The van der Waals surface area contributed by atoms with Crippen LogP contribution in [0.15, 0.2) is 84.0 Å². The van der Waals surface area contributed by atoms with E-state index in [1.807, 2.05) is 18.2 Å². The number of aromatic nitrogens is 2. The van der Waals surface area contributed by atoms with E-state index < -0.39 is 46.7 Å². The lowest BCUT2D eigenvalue weighted by atomic mass is 9.58. The fourth-order valence-corrected chi connectivity index (χ4v) is 12.9. The maximum atomic E-state index is 14.0. The Morgan fingerprint density at radius 2 is 1.76 bits per heavy atom. The third kappa shape index (κ3) is 9.34. The zero-order valence-electron chi connectivity index (χ0n) is 37.0. The van der Waals surface area contributed by atoms with E-state index in [0.29, 0.717) is 44.1 Å². The molecular weight excluding hydrogens is 904 g/mol. The highest BCUT2D eigenvalue weighted by molar-refractivity contribution is 7.90. The number of halogens is 1. The molecule has 0 bridgehead atoms. The van der Waals surface area contributed by atoms with Gasteiger partial charge in [0.1, 0.15) is 22.8 Å². The largest absolute Gasteiger partial charge is 0.455 e. The molecule has 19 heteroatoms. The van der Waals surface area contributed by atoms with Crippen LogP contribution in [-0.2, 0) is 26.5 Å². The normalized spacial score (nSPS) is 19.6. The van der Waals surface area contributed by atoms with Gasteiger partial charge in [0.15, 0.2) is 0 Å². The Kier molecular flexibility index (Phi) is 12.8. The number of anilines is 2. The third-order valence-electron chi connectivity index (χ3n) is 14.1. The number of H-pyrrole nitrogens is 1. The van der Waals surface area contributed by atoms with E-state index in [9.17, 15) is 31.7 Å². The fraction of sp³-hybridized carbons (Fsp3) is 0.447. The van der Waals surface area contributed by atoms with Crippen molar-refractivity contribution >= 4 is 65.7 Å². The molecule has 2 aliphatic heterocycles. The monoisotopic (exact) mass is 958 g/mol. The number of rotatable bonds is 13. The summed E-state index contributed by atoms with van der Waals surface area (Å²) in [4.78, 5) is 37.4. The highest BCUT2D eigenvalue weighted by Crippen LogP contribution is 2.53. The molecule has 1 saturated carbocycles. The number of piperidine rings is 1. The van der Waals surface area contributed by atoms with Crippen LogP contribution in [0.2, 0.25) is 5.02 Å². The molecular formula is C47H55ClN8O8S2. The van der Waals surface area contributed by atoms with Crippen LogP contribution < -0.4 is 19.7 Å². The van der Waals surface area contributed by atoms with Gasteiger partial charge in [-0.05, 0) is 124 Å². The van der Waals surface area contributed by atoms with Gasteiger partial charge in [0.2, 0.25) is 10.0 Å².